The zero-order chi connectivity index (χ0) is 17.4. The molecule has 3 N–H and O–H groups in total. The van der Waals surface area contributed by atoms with Gasteiger partial charge in [0.25, 0.3) is 0 Å². The molecule has 2 heterocycles. The number of carbonyl (C=O) groups excluding carboxylic acids is 1. The summed E-state index contributed by atoms with van der Waals surface area (Å²) in [7, 11) is 0. The highest BCUT2D eigenvalue weighted by Gasteiger charge is 2.26. The van der Waals surface area contributed by atoms with E-state index in [1.807, 2.05) is 17.5 Å². The lowest BCUT2D eigenvalue weighted by molar-refractivity contribution is 0.165. The average Bonchev–Trinajstić information content (AvgIpc) is 3.08. The predicted octanol–water partition coefficient (Wildman–Crippen LogP) is 3.52. The molecule has 0 aliphatic heterocycles. The van der Waals surface area contributed by atoms with Crippen LogP contribution in [0.25, 0.3) is 11.3 Å². The minimum atomic E-state index is -0.272. The molecule has 24 heavy (non-hydrogen) atoms. The predicted molar refractivity (Wildman–Crippen MR) is 97.1 cm³/mol. The molecule has 0 atom stereocenters. The van der Waals surface area contributed by atoms with Crippen molar-refractivity contribution in [3.63, 3.8) is 0 Å². The molecule has 130 valence electrons. The Bertz CT molecular complexity index is 641. The molecule has 0 aliphatic rings. The van der Waals surface area contributed by atoms with E-state index < -0.39 is 0 Å². The van der Waals surface area contributed by atoms with Gasteiger partial charge in [0, 0.05) is 36.5 Å². The molecule has 0 aromatic carbocycles. The standard InChI is InChI=1S/C17H24N4O2S/c1-3-17(4-2,7-9-22)12-19-15(23)21-16-20-14(11-24-16)13-6-5-8-18-10-13/h5-6,8,10-11,22H,3-4,7,9,12H2,1-2H3,(H2,19,20,21,23). The number of amides is 2. The van der Waals surface area contributed by atoms with Crippen LogP contribution in [0.5, 0.6) is 0 Å². The second-order valence-electron chi connectivity index (χ2n) is 5.77. The average molecular weight is 348 g/mol. The van der Waals surface area contributed by atoms with Crippen molar-refractivity contribution in [3.05, 3.63) is 29.9 Å². The third kappa shape index (κ3) is 4.75. The van der Waals surface area contributed by atoms with E-state index in [4.69, 9.17) is 0 Å². The normalized spacial score (nSPS) is 11.3. The Morgan fingerprint density at radius 3 is 2.79 bits per heavy atom. The number of nitrogens with one attached hydrogen (secondary N) is 2. The second kappa shape index (κ2) is 8.75. The number of aromatic nitrogens is 2. The zero-order valence-electron chi connectivity index (χ0n) is 14.1. The van der Waals surface area contributed by atoms with E-state index in [-0.39, 0.29) is 18.1 Å². The molecule has 0 radical (unpaired) electrons. The number of anilines is 1. The van der Waals surface area contributed by atoms with Crippen molar-refractivity contribution in [2.45, 2.75) is 33.1 Å². The van der Waals surface area contributed by atoms with Gasteiger partial charge in [-0.1, -0.05) is 13.8 Å². The van der Waals surface area contributed by atoms with E-state index in [1.54, 1.807) is 12.4 Å². The summed E-state index contributed by atoms with van der Waals surface area (Å²) in [5.74, 6) is 0. The van der Waals surface area contributed by atoms with Crippen LogP contribution in [0, 0.1) is 5.41 Å². The van der Waals surface area contributed by atoms with Crippen LogP contribution in [0.1, 0.15) is 33.1 Å². The Labute approximate surface area is 146 Å². The van der Waals surface area contributed by atoms with Crippen LogP contribution in [0.15, 0.2) is 29.9 Å². The van der Waals surface area contributed by atoms with Crippen LogP contribution in [-0.2, 0) is 0 Å². The lowest BCUT2D eigenvalue weighted by Crippen LogP contribution is -2.39. The number of rotatable bonds is 8. The summed E-state index contributed by atoms with van der Waals surface area (Å²) in [6, 6.07) is 3.51. The third-order valence-corrected chi connectivity index (χ3v) is 5.21. The number of urea groups is 1. The Balaban J connectivity index is 1.92. The van der Waals surface area contributed by atoms with Gasteiger partial charge >= 0.3 is 6.03 Å². The molecule has 0 saturated carbocycles. The Morgan fingerprint density at radius 1 is 1.38 bits per heavy atom. The Morgan fingerprint density at radius 2 is 2.17 bits per heavy atom. The van der Waals surface area contributed by atoms with E-state index in [2.05, 4.69) is 34.4 Å². The van der Waals surface area contributed by atoms with Gasteiger partial charge in [-0.05, 0) is 36.8 Å². The number of carbonyl (C=O) groups is 1. The van der Waals surface area contributed by atoms with E-state index in [0.29, 0.717) is 18.1 Å². The molecule has 0 bridgehead atoms. The summed E-state index contributed by atoms with van der Waals surface area (Å²) in [5.41, 5.74) is 1.65. The van der Waals surface area contributed by atoms with E-state index in [1.165, 1.54) is 11.3 Å². The number of hydrogen-bond acceptors (Lipinski definition) is 5. The molecule has 6 nitrogen and oxygen atoms in total. The quantitative estimate of drug-likeness (QED) is 0.681. The maximum atomic E-state index is 12.1. The van der Waals surface area contributed by atoms with Gasteiger partial charge in [0.2, 0.25) is 0 Å². The highest BCUT2D eigenvalue weighted by molar-refractivity contribution is 7.14. The highest BCUT2D eigenvalue weighted by atomic mass is 32.1. The molecular weight excluding hydrogens is 324 g/mol. The Hall–Kier alpha value is -1.99. The zero-order valence-corrected chi connectivity index (χ0v) is 14.9. The number of pyridine rings is 1. The molecule has 2 rings (SSSR count). The maximum Gasteiger partial charge on any atom is 0.321 e. The Kier molecular flexibility index (Phi) is 6.69. The number of thiazole rings is 1. The van der Waals surface area contributed by atoms with Crippen LogP contribution < -0.4 is 10.6 Å². The van der Waals surface area contributed by atoms with E-state index >= 15 is 0 Å². The number of aliphatic hydroxyl groups excluding tert-OH is 1. The first-order chi connectivity index (χ1) is 11.6. The highest BCUT2D eigenvalue weighted by Crippen LogP contribution is 2.29. The van der Waals surface area contributed by atoms with Crippen LogP contribution in [-0.4, -0.2) is 34.3 Å². The second-order valence-corrected chi connectivity index (χ2v) is 6.63. The van der Waals surface area contributed by atoms with Gasteiger partial charge in [-0.2, -0.15) is 0 Å². The van der Waals surface area contributed by atoms with Gasteiger partial charge in [0.15, 0.2) is 5.13 Å². The van der Waals surface area contributed by atoms with Crippen molar-refractivity contribution in [1.82, 2.24) is 15.3 Å². The van der Waals surface area contributed by atoms with Crippen molar-refractivity contribution in [2.24, 2.45) is 5.41 Å². The molecule has 0 saturated heterocycles. The monoisotopic (exact) mass is 348 g/mol. The van der Waals surface area contributed by atoms with Crippen molar-refractivity contribution < 1.29 is 9.90 Å². The lowest BCUT2D eigenvalue weighted by Gasteiger charge is -2.31. The van der Waals surface area contributed by atoms with Crippen LogP contribution >= 0.6 is 11.3 Å². The van der Waals surface area contributed by atoms with Crippen molar-refractivity contribution in [3.8, 4) is 11.3 Å². The van der Waals surface area contributed by atoms with Crippen LogP contribution in [0.4, 0.5) is 9.93 Å². The molecule has 0 fully saturated rings. The number of aliphatic hydroxyl groups is 1. The van der Waals surface area contributed by atoms with Crippen molar-refractivity contribution in [2.75, 3.05) is 18.5 Å². The van der Waals surface area contributed by atoms with Crippen LogP contribution in [0.3, 0.4) is 0 Å². The summed E-state index contributed by atoms with van der Waals surface area (Å²) in [6.07, 6.45) is 5.95. The molecule has 2 aromatic rings. The lowest BCUT2D eigenvalue weighted by atomic mass is 9.79. The molecule has 0 spiro atoms. The topological polar surface area (TPSA) is 87.1 Å². The van der Waals surface area contributed by atoms with Gasteiger partial charge in [0.1, 0.15) is 0 Å². The smallest absolute Gasteiger partial charge is 0.321 e. The van der Waals surface area contributed by atoms with Gasteiger partial charge in [-0.3, -0.25) is 10.3 Å². The van der Waals surface area contributed by atoms with Gasteiger partial charge in [-0.25, -0.2) is 9.78 Å². The summed E-state index contributed by atoms with van der Waals surface area (Å²) in [4.78, 5) is 20.6. The third-order valence-electron chi connectivity index (χ3n) is 4.45. The van der Waals surface area contributed by atoms with Crippen molar-refractivity contribution in [1.29, 1.82) is 0 Å². The largest absolute Gasteiger partial charge is 0.396 e. The molecule has 7 heteroatoms. The summed E-state index contributed by atoms with van der Waals surface area (Å²) < 4.78 is 0. The molecular formula is C17H24N4O2S. The molecule has 0 aliphatic carbocycles. The van der Waals surface area contributed by atoms with Crippen molar-refractivity contribution >= 4 is 22.5 Å². The minimum absolute atomic E-state index is 0.0597. The summed E-state index contributed by atoms with van der Waals surface area (Å²) >= 11 is 1.38. The van der Waals surface area contributed by atoms with E-state index in [9.17, 15) is 9.90 Å². The first kappa shape index (κ1) is 18.4. The first-order valence-corrected chi connectivity index (χ1v) is 9.02. The van der Waals surface area contributed by atoms with Crippen LogP contribution in [0.2, 0.25) is 0 Å². The summed E-state index contributed by atoms with van der Waals surface area (Å²) in [6.45, 7) is 4.83. The molecule has 0 unspecified atom stereocenters. The van der Waals surface area contributed by atoms with Gasteiger partial charge in [-0.15, -0.1) is 11.3 Å². The minimum Gasteiger partial charge on any atom is -0.396 e. The van der Waals surface area contributed by atoms with Gasteiger partial charge in [0.05, 0.1) is 5.69 Å². The number of nitrogens with zero attached hydrogens (tertiary/aromatic N) is 2. The number of hydrogen-bond donors (Lipinski definition) is 3. The molecule has 2 amide bonds. The SMILES string of the molecule is CCC(CC)(CCO)CNC(=O)Nc1nc(-c2cccnc2)cs1. The van der Waals surface area contributed by atoms with E-state index in [0.717, 1.165) is 24.1 Å². The fraction of sp³-hybridized carbons (Fsp3) is 0.471. The van der Waals surface area contributed by atoms with Gasteiger partial charge < -0.3 is 10.4 Å². The summed E-state index contributed by atoms with van der Waals surface area (Å²) in [5, 5.41) is 17.3. The fourth-order valence-corrected chi connectivity index (χ4v) is 3.28. The fourth-order valence-electron chi connectivity index (χ4n) is 2.57. The first-order valence-electron chi connectivity index (χ1n) is 8.14. The molecule has 2 aromatic heterocycles. The maximum absolute atomic E-state index is 12.1.